The van der Waals surface area contributed by atoms with Gasteiger partial charge in [0.1, 0.15) is 5.60 Å². The van der Waals surface area contributed by atoms with E-state index in [9.17, 15) is 4.79 Å². The smallest absolute Gasteiger partial charge is 0.410 e. The van der Waals surface area contributed by atoms with Crippen molar-refractivity contribution in [2.75, 3.05) is 13.1 Å². The van der Waals surface area contributed by atoms with Gasteiger partial charge >= 0.3 is 6.09 Å². The molecule has 4 heteroatoms. The van der Waals surface area contributed by atoms with E-state index in [-0.39, 0.29) is 17.6 Å². The number of hydrogen-bond acceptors (Lipinski definition) is 3. The van der Waals surface area contributed by atoms with Crippen LogP contribution in [0.15, 0.2) is 0 Å². The Bertz CT molecular complexity index is 292. The van der Waals surface area contributed by atoms with E-state index in [1.54, 1.807) is 4.90 Å². The quantitative estimate of drug-likeness (QED) is 0.684. The van der Waals surface area contributed by atoms with Crippen LogP contribution in [0.3, 0.4) is 0 Å². The Kier molecular flexibility index (Phi) is 2.65. The first-order valence-electron chi connectivity index (χ1n) is 6.06. The summed E-state index contributed by atoms with van der Waals surface area (Å²) >= 11 is 0. The van der Waals surface area contributed by atoms with Gasteiger partial charge in [0.2, 0.25) is 0 Å². The van der Waals surface area contributed by atoms with Gasteiger partial charge < -0.3 is 15.4 Å². The van der Waals surface area contributed by atoms with Gasteiger partial charge in [0, 0.05) is 24.5 Å². The number of carbonyl (C=O) groups is 1. The standard InChI is InChI=1S/C12H22N2O2/c1-11(2,3)16-10(15)14-7-9(13)12(8-14)5-4-6-12/h9H,4-8,13H2,1-3H3. The summed E-state index contributed by atoms with van der Waals surface area (Å²) in [5.74, 6) is 0. The Morgan fingerprint density at radius 1 is 1.44 bits per heavy atom. The van der Waals surface area contributed by atoms with Gasteiger partial charge in [-0.15, -0.1) is 0 Å². The number of likely N-dealkylation sites (tertiary alicyclic amines) is 1. The number of hydrogen-bond donors (Lipinski definition) is 1. The van der Waals surface area contributed by atoms with Crippen molar-refractivity contribution in [1.82, 2.24) is 4.90 Å². The third kappa shape index (κ3) is 2.03. The van der Waals surface area contributed by atoms with Crippen molar-refractivity contribution < 1.29 is 9.53 Å². The van der Waals surface area contributed by atoms with Crippen molar-refractivity contribution in [2.45, 2.75) is 51.7 Å². The van der Waals surface area contributed by atoms with Crippen LogP contribution < -0.4 is 5.73 Å². The summed E-state index contributed by atoms with van der Waals surface area (Å²) in [5.41, 5.74) is 5.90. The number of amides is 1. The normalized spacial score (nSPS) is 28.0. The molecule has 1 aliphatic heterocycles. The molecule has 1 saturated heterocycles. The molecule has 4 nitrogen and oxygen atoms in total. The van der Waals surface area contributed by atoms with E-state index in [4.69, 9.17) is 10.5 Å². The molecule has 0 aromatic rings. The molecule has 1 unspecified atom stereocenters. The van der Waals surface area contributed by atoms with Crippen LogP contribution in [0.5, 0.6) is 0 Å². The summed E-state index contributed by atoms with van der Waals surface area (Å²) in [6.45, 7) is 7.10. The van der Waals surface area contributed by atoms with E-state index >= 15 is 0 Å². The molecule has 2 fully saturated rings. The average Bonchev–Trinajstić information content (AvgIpc) is 2.39. The van der Waals surface area contributed by atoms with E-state index in [1.807, 2.05) is 20.8 Å². The summed E-state index contributed by atoms with van der Waals surface area (Å²) in [6, 6.07) is 0.133. The van der Waals surface area contributed by atoms with Crippen LogP contribution in [0.25, 0.3) is 0 Å². The molecular weight excluding hydrogens is 204 g/mol. The summed E-state index contributed by atoms with van der Waals surface area (Å²) in [6.07, 6.45) is 3.35. The van der Waals surface area contributed by atoms with Gasteiger partial charge in [-0.05, 0) is 33.6 Å². The molecule has 1 atom stereocenters. The largest absolute Gasteiger partial charge is 0.444 e. The van der Waals surface area contributed by atoms with E-state index in [0.717, 1.165) is 19.4 Å². The predicted molar refractivity (Wildman–Crippen MR) is 62.1 cm³/mol. The molecule has 2 rings (SSSR count). The molecule has 92 valence electrons. The number of nitrogens with zero attached hydrogens (tertiary/aromatic N) is 1. The molecule has 1 amide bonds. The molecule has 0 aromatic carbocycles. The maximum absolute atomic E-state index is 11.9. The lowest BCUT2D eigenvalue weighted by atomic mass is 9.66. The fourth-order valence-corrected chi connectivity index (χ4v) is 2.62. The molecular formula is C12H22N2O2. The fourth-order valence-electron chi connectivity index (χ4n) is 2.62. The third-order valence-corrected chi connectivity index (χ3v) is 3.71. The Hall–Kier alpha value is -0.770. The van der Waals surface area contributed by atoms with Crippen LogP contribution in [0, 0.1) is 5.41 Å². The zero-order chi connectivity index (χ0) is 12.0. The second kappa shape index (κ2) is 3.62. The first-order valence-corrected chi connectivity index (χ1v) is 6.06. The van der Waals surface area contributed by atoms with Crippen molar-refractivity contribution in [1.29, 1.82) is 0 Å². The van der Waals surface area contributed by atoms with E-state index in [1.165, 1.54) is 6.42 Å². The van der Waals surface area contributed by atoms with E-state index < -0.39 is 5.60 Å². The Balaban J connectivity index is 1.95. The number of nitrogens with two attached hydrogens (primary N) is 1. The van der Waals surface area contributed by atoms with Crippen molar-refractivity contribution >= 4 is 6.09 Å². The summed E-state index contributed by atoms with van der Waals surface area (Å²) in [4.78, 5) is 13.7. The highest BCUT2D eigenvalue weighted by Crippen LogP contribution is 2.47. The predicted octanol–water partition coefficient (Wildman–Crippen LogP) is 1.73. The number of ether oxygens (including phenoxy) is 1. The number of rotatable bonds is 0. The maximum Gasteiger partial charge on any atom is 0.410 e. The fraction of sp³-hybridized carbons (Fsp3) is 0.917. The van der Waals surface area contributed by atoms with Crippen molar-refractivity contribution in [3.63, 3.8) is 0 Å². The molecule has 1 aliphatic carbocycles. The third-order valence-electron chi connectivity index (χ3n) is 3.71. The van der Waals surface area contributed by atoms with Crippen molar-refractivity contribution in [3.05, 3.63) is 0 Å². The Labute approximate surface area is 97.1 Å². The molecule has 2 N–H and O–H groups in total. The van der Waals surface area contributed by atoms with Crippen LogP contribution >= 0.6 is 0 Å². The Morgan fingerprint density at radius 3 is 2.44 bits per heavy atom. The van der Waals surface area contributed by atoms with Gasteiger partial charge in [-0.1, -0.05) is 6.42 Å². The minimum Gasteiger partial charge on any atom is -0.444 e. The highest BCUT2D eigenvalue weighted by molar-refractivity contribution is 5.68. The molecule has 0 bridgehead atoms. The number of carbonyl (C=O) groups excluding carboxylic acids is 1. The first-order chi connectivity index (χ1) is 7.32. The van der Waals surface area contributed by atoms with E-state index in [2.05, 4.69) is 0 Å². The average molecular weight is 226 g/mol. The van der Waals surface area contributed by atoms with Gasteiger partial charge in [-0.25, -0.2) is 4.79 Å². The van der Waals surface area contributed by atoms with Gasteiger partial charge in [-0.3, -0.25) is 0 Å². The SMILES string of the molecule is CC(C)(C)OC(=O)N1CC(N)C2(CCC2)C1. The molecule has 0 radical (unpaired) electrons. The second-order valence-electron chi connectivity index (χ2n) is 6.18. The lowest BCUT2D eigenvalue weighted by molar-refractivity contribution is 0.0244. The first kappa shape index (κ1) is 11.7. The second-order valence-corrected chi connectivity index (χ2v) is 6.18. The molecule has 0 aromatic heterocycles. The Morgan fingerprint density at radius 2 is 2.06 bits per heavy atom. The molecule has 16 heavy (non-hydrogen) atoms. The summed E-state index contributed by atoms with van der Waals surface area (Å²) in [5, 5.41) is 0. The summed E-state index contributed by atoms with van der Waals surface area (Å²) in [7, 11) is 0. The monoisotopic (exact) mass is 226 g/mol. The molecule has 1 spiro atoms. The van der Waals surface area contributed by atoms with Gasteiger partial charge in [0.05, 0.1) is 0 Å². The maximum atomic E-state index is 11.9. The van der Waals surface area contributed by atoms with Crippen LogP contribution in [0.4, 0.5) is 4.79 Å². The molecule has 1 heterocycles. The van der Waals surface area contributed by atoms with Crippen LogP contribution in [-0.2, 0) is 4.74 Å². The van der Waals surface area contributed by atoms with Gasteiger partial charge in [-0.2, -0.15) is 0 Å². The van der Waals surface area contributed by atoms with Crippen molar-refractivity contribution in [3.8, 4) is 0 Å². The van der Waals surface area contributed by atoms with Gasteiger partial charge in [0.25, 0.3) is 0 Å². The van der Waals surface area contributed by atoms with E-state index in [0.29, 0.717) is 6.54 Å². The van der Waals surface area contributed by atoms with Crippen LogP contribution in [0.1, 0.15) is 40.0 Å². The minimum absolute atomic E-state index is 0.133. The highest BCUT2D eigenvalue weighted by atomic mass is 16.6. The molecule has 2 aliphatic rings. The lowest BCUT2D eigenvalue weighted by Gasteiger charge is -2.41. The minimum atomic E-state index is -0.420. The topological polar surface area (TPSA) is 55.6 Å². The van der Waals surface area contributed by atoms with Crippen molar-refractivity contribution in [2.24, 2.45) is 11.1 Å². The highest BCUT2D eigenvalue weighted by Gasteiger charge is 2.50. The zero-order valence-electron chi connectivity index (χ0n) is 10.5. The van der Waals surface area contributed by atoms with Gasteiger partial charge in [0.15, 0.2) is 0 Å². The van der Waals surface area contributed by atoms with Crippen LogP contribution in [0.2, 0.25) is 0 Å². The lowest BCUT2D eigenvalue weighted by Crippen LogP contribution is -2.45. The summed E-state index contributed by atoms with van der Waals surface area (Å²) < 4.78 is 5.36. The van der Waals surface area contributed by atoms with Crippen LogP contribution in [-0.4, -0.2) is 35.7 Å². The zero-order valence-corrected chi connectivity index (χ0v) is 10.5. The molecule has 1 saturated carbocycles.